The number of benzene rings is 1. The molecule has 18 heavy (non-hydrogen) atoms. The molecule has 1 heterocycles. The molecule has 6 nitrogen and oxygen atoms in total. The van der Waals surface area contributed by atoms with E-state index in [1.807, 2.05) is 0 Å². The van der Waals surface area contributed by atoms with Gasteiger partial charge in [-0.3, -0.25) is 4.21 Å². The minimum absolute atomic E-state index is 0.0326. The predicted octanol–water partition coefficient (Wildman–Crippen LogP) is 2.16. The second-order valence-electron chi connectivity index (χ2n) is 3.08. The third kappa shape index (κ3) is 3.36. The van der Waals surface area contributed by atoms with Crippen molar-refractivity contribution in [1.29, 1.82) is 0 Å². The molecular formula is C9H5Cl2N4O2S-. The summed E-state index contributed by atoms with van der Waals surface area (Å²) in [6.07, 6.45) is 0. The van der Waals surface area contributed by atoms with Gasteiger partial charge in [0.1, 0.15) is 0 Å². The number of anilines is 2. The first kappa shape index (κ1) is 13.2. The van der Waals surface area contributed by atoms with Crippen LogP contribution in [0.4, 0.5) is 11.6 Å². The van der Waals surface area contributed by atoms with Crippen molar-refractivity contribution in [3.63, 3.8) is 0 Å². The van der Waals surface area contributed by atoms with Gasteiger partial charge in [0, 0.05) is 10.6 Å². The quantitative estimate of drug-likeness (QED) is 0.874. The van der Waals surface area contributed by atoms with E-state index in [-0.39, 0.29) is 21.4 Å². The molecule has 0 aliphatic heterocycles. The van der Waals surface area contributed by atoms with Crippen LogP contribution in [0.15, 0.2) is 29.2 Å². The Labute approximate surface area is 115 Å². The maximum absolute atomic E-state index is 10.7. The van der Waals surface area contributed by atoms with Crippen molar-refractivity contribution < 1.29 is 8.76 Å². The lowest BCUT2D eigenvalue weighted by Crippen LogP contribution is -1.99. The van der Waals surface area contributed by atoms with Gasteiger partial charge in [-0.1, -0.05) is 0 Å². The summed E-state index contributed by atoms with van der Waals surface area (Å²) in [5.74, 6) is 0.177. The lowest BCUT2D eigenvalue weighted by molar-refractivity contribution is 0.537. The Morgan fingerprint density at radius 3 is 2.11 bits per heavy atom. The molecule has 0 spiro atoms. The smallest absolute Gasteiger partial charge is 0.232 e. The maximum Gasteiger partial charge on any atom is 0.232 e. The fourth-order valence-electron chi connectivity index (χ4n) is 1.16. The van der Waals surface area contributed by atoms with E-state index in [9.17, 15) is 8.76 Å². The summed E-state index contributed by atoms with van der Waals surface area (Å²) in [7, 11) is 0. The Hall–Kier alpha value is -1.28. The molecule has 0 aliphatic carbocycles. The number of nitrogens with zero attached hydrogens (tertiary/aromatic N) is 3. The summed E-state index contributed by atoms with van der Waals surface area (Å²) >= 11 is 8.98. The molecule has 1 aromatic heterocycles. The molecule has 1 unspecified atom stereocenters. The van der Waals surface area contributed by atoms with E-state index in [2.05, 4.69) is 20.3 Å². The van der Waals surface area contributed by atoms with Crippen molar-refractivity contribution in [3.8, 4) is 0 Å². The topological polar surface area (TPSA) is 90.8 Å². The standard InChI is InChI=1S/C9H6Cl2N4O2S/c10-7-13-8(11)15-9(14-7)12-5-1-3-6(4-2-5)18(16)17/h1-4H,(H,16,17)(H,12,13,14,15)/p-1. The normalized spacial score (nSPS) is 12.2. The molecule has 0 saturated heterocycles. The lowest BCUT2D eigenvalue weighted by Gasteiger charge is -2.07. The van der Waals surface area contributed by atoms with Gasteiger partial charge in [-0.25, -0.2) is 0 Å². The molecule has 2 rings (SSSR count). The Balaban J connectivity index is 2.20. The first-order chi connectivity index (χ1) is 8.54. The SMILES string of the molecule is O=S([O-])c1ccc(Nc2nc(Cl)nc(Cl)n2)cc1. The Kier molecular flexibility index (Phi) is 4.07. The summed E-state index contributed by atoms with van der Waals surface area (Å²) < 4.78 is 21.3. The molecular weight excluding hydrogens is 299 g/mol. The van der Waals surface area contributed by atoms with Gasteiger partial charge in [0.2, 0.25) is 16.5 Å². The van der Waals surface area contributed by atoms with E-state index < -0.39 is 11.1 Å². The largest absolute Gasteiger partial charge is 0.768 e. The molecule has 9 heteroatoms. The number of nitrogens with one attached hydrogen (secondary N) is 1. The van der Waals surface area contributed by atoms with Crippen LogP contribution in [0.1, 0.15) is 0 Å². The van der Waals surface area contributed by atoms with Gasteiger partial charge in [0.15, 0.2) is 0 Å². The molecule has 1 aromatic carbocycles. The Bertz CT molecular complexity index is 573. The van der Waals surface area contributed by atoms with Crippen LogP contribution in [0.5, 0.6) is 0 Å². The number of rotatable bonds is 3. The van der Waals surface area contributed by atoms with E-state index in [0.717, 1.165) is 0 Å². The van der Waals surface area contributed by atoms with Crippen molar-refractivity contribution in [2.24, 2.45) is 0 Å². The summed E-state index contributed by atoms with van der Waals surface area (Å²) in [5, 5.41) is 2.75. The molecule has 0 aliphatic rings. The predicted molar refractivity (Wildman–Crippen MR) is 66.8 cm³/mol. The minimum atomic E-state index is -2.25. The number of hydrogen-bond acceptors (Lipinski definition) is 6. The van der Waals surface area contributed by atoms with E-state index in [1.165, 1.54) is 12.1 Å². The van der Waals surface area contributed by atoms with Gasteiger partial charge in [-0.2, -0.15) is 15.0 Å². The van der Waals surface area contributed by atoms with Crippen LogP contribution >= 0.6 is 23.2 Å². The van der Waals surface area contributed by atoms with Gasteiger partial charge >= 0.3 is 0 Å². The van der Waals surface area contributed by atoms with E-state index in [1.54, 1.807) is 12.1 Å². The molecule has 2 aromatic rings. The molecule has 0 fully saturated rings. The Morgan fingerprint density at radius 1 is 1.06 bits per heavy atom. The van der Waals surface area contributed by atoms with Gasteiger partial charge < -0.3 is 9.87 Å². The van der Waals surface area contributed by atoms with Crippen molar-refractivity contribution in [3.05, 3.63) is 34.8 Å². The minimum Gasteiger partial charge on any atom is -0.768 e. The van der Waals surface area contributed by atoms with Crippen molar-refractivity contribution >= 4 is 45.9 Å². The molecule has 0 saturated carbocycles. The zero-order chi connectivity index (χ0) is 13.1. The van der Waals surface area contributed by atoms with Crippen LogP contribution < -0.4 is 5.32 Å². The third-order valence-electron chi connectivity index (χ3n) is 1.88. The summed E-state index contributed by atoms with van der Waals surface area (Å²) in [4.78, 5) is 11.4. The van der Waals surface area contributed by atoms with Crippen LogP contribution in [0.2, 0.25) is 10.6 Å². The fraction of sp³-hybridized carbons (Fsp3) is 0. The summed E-state index contributed by atoms with van der Waals surface area (Å²) in [6.45, 7) is 0. The average molecular weight is 304 g/mol. The Morgan fingerprint density at radius 2 is 1.61 bits per heavy atom. The first-order valence-electron chi connectivity index (χ1n) is 4.58. The van der Waals surface area contributed by atoms with Gasteiger partial charge in [0.05, 0.1) is 0 Å². The highest BCUT2D eigenvalue weighted by molar-refractivity contribution is 7.79. The van der Waals surface area contributed by atoms with Crippen LogP contribution in [-0.2, 0) is 11.1 Å². The maximum atomic E-state index is 10.7. The second-order valence-corrected chi connectivity index (χ2v) is 4.70. The molecule has 1 N–H and O–H groups in total. The highest BCUT2D eigenvalue weighted by atomic mass is 35.5. The lowest BCUT2D eigenvalue weighted by atomic mass is 10.3. The average Bonchev–Trinajstić information content (AvgIpc) is 2.28. The van der Waals surface area contributed by atoms with E-state index in [4.69, 9.17) is 23.2 Å². The highest BCUT2D eigenvalue weighted by Crippen LogP contribution is 2.17. The van der Waals surface area contributed by atoms with Gasteiger partial charge in [-0.15, -0.1) is 0 Å². The zero-order valence-corrected chi connectivity index (χ0v) is 11.0. The second kappa shape index (κ2) is 5.57. The van der Waals surface area contributed by atoms with Gasteiger partial charge in [0.25, 0.3) is 0 Å². The van der Waals surface area contributed by atoms with Crippen LogP contribution in [0.25, 0.3) is 0 Å². The molecule has 0 amide bonds. The molecule has 0 radical (unpaired) electrons. The van der Waals surface area contributed by atoms with Crippen LogP contribution in [0, 0.1) is 0 Å². The molecule has 1 atom stereocenters. The molecule has 94 valence electrons. The summed E-state index contributed by atoms with van der Waals surface area (Å²) in [5.41, 5.74) is 0.600. The fourth-order valence-corrected chi connectivity index (χ4v) is 1.88. The highest BCUT2D eigenvalue weighted by Gasteiger charge is 2.03. The van der Waals surface area contributed by atoms with Crippen molar-refractivity contribution in [2.45, 2.75) is 4.90 Å². The van der Waals surface area contributed by atoms with Crippen LogP contribution in [0.3, 0.4) is 0 Å². The molecule has 0 bridgehead atoms. The van der Waals surface area contributed by atoms with Crippen LogP contribution in [-0.4, -0.2) is 23.7 Å². The monoisotopic (exact) mass is 303 g/mol. The number of hydrogen-bond donors (Lipinski definition) is 1. The zero-order valence-electron chi connectivity index (χ0n) is 8.63. The van der Waals surface area contributed by atoms with Crippen molar-refractivity contribution in [1.82, 2.24) is 15.0 Å². The first-order valence-corrected chi connectivity index (χ1v) is 6.41. The number of aromatic nitrogens is 3. The van der Waals surface area contributed by atoms with E-state index in [0.29, 0.717) is 5.69 Å². The number of halogens is 2. The summed E-state index contributed by atoms with van der Waals surface area (Å²) in [6, 6.07) is 6.01. The third-order valence-corrected chi connectivity index (χ3v) is 2.88. The van der Waals surface area contributed by atoms with Gasteiger partial charge in [-0.05, 0) is 58.5 Å². The van der Waals surface area contributed by atoms with E-state index >= 15 is 0 Å². The van der Waals surface area contributed by atoms with Crippen molar-refractivity contribution in [2.75, 3.05) is 5.32 Å².